The number of methoxy groups -OCH3 is 1. The summed E-state index contributed by atoms with van der Waals surface area (Å²) in [4.78, 5) is 23.7. The lowest BCUT2D eigenvalue weighted by Crippen LogP contribution is -2.43. The molecule has 6 heteroatoms. The third kappa shape index (κ3) is 5.18. The molecule has 0 unspecified atom stereocenters. The highest BCUT2D eigenvalue weighted by Crippen LogP contribution is 2.10. The summed E-state index contributed by atoms with van der Waals surface area (Å²) in [6.07, 6.45) is -0.492. The number of amides is 1. The van der Waals surface area contributed by atoms with E-state index in [0.717, 1.165) is 11.3 Å². The molecular formula is C17H19NO5. The molecule has 1 amide bonds. The maximum Gasteiger partial charge on any atom is 0.408 e. The van der Waals surface area contributed by atoms with Gasteiger partial charge in [0.25, 0.3) is 0 Å². The van der Waals surface area contributed by atoms with Crippen LogP contribution in [0.4, 0.5) is 4.79 Å². The Morgan fingerprint density at radius 2 is 1.91 bits per heavy atom. The van der Waals surface area contributed by atoms with Gasteiger partial charge in [-0.15, -0.1) is 0 Å². The molecule has 0 aliphatic rings. The molecule has 0 saturated heterocycles. The van der Waals surface area contributed by atoms with Gasteiger partial charge in [0.2, 0.25) is 0 Å². The van der Waals surface area contributed by atoms with E-state index in [9.17, 15) is 9.59 Å². The summed E-state index contributed by atoms with van der Waals surface area (Å²) in [6, 6.07) is 11.9. The Bertz CT molecular complexity index is 650. The van der Waals surface area contributed by atoms with E-state index in [1.54, 1.807) is 19.1 Å². The van der Waals surface area contributed by atoms with Crippen LogP contribution in [0.1, 0.15) is 17.1 Å². The second kappa shape index (κ2) is 8.03. The number of hydrogen-bond acceptors (Lipinski definition) is 5. The van der Waals surface area contributed by atoms with Crippen LogP contribution >= 0.6 is 0 Å². The number of alkyl carbamates (subject to hydrolysis) is 1. The second-order valence-corrected chi connectivity index (χ2v) is 5.00. The van der Waals surface area contributed by atoms with Crippen molar-refractivity contribution in [1.82, 2.24) is 5.32 Å². The Kier molecular flexibility index (Phi) is 5.80. The second-order valence-electron chi connectivity index (χ2n) is 5.00. The SMILES string of the molecule is COC(=O)[C@@H](Cc1ccc(C)o1)NC(=O)OCc1ccccc1. The molecule has 23 heavy (non-hydrogen) atoms. The van der Waals surface area contributed by atoms with Crippen molar-refractivity contribution in [3.05, 3.63) is 59.5 Å². The summed E-state index contributed by atoms with van der Waals surface area (Å²) >= 11 is 0. The van der Waals surface area contributed by atoms with Gasteiger partial charge in [-0.05, 0) is 24.6 Å². The van der Waals surface area contributed by atoms with Gasteiger partial charge in [-0.1, -0.05) is 30.3 Å². The van der Waals surface area contributed by atoms with E-state index in [1.165, 1.54) is 7.11 Å². The Labute approximate surface area is 134 Å². The van der Waals surface area contributed by atoms with E-state index in [1.807, 2.05) is 30.3 Å². The predicted molar refractivity (Wildman–Crippen MR) is 82.7 cm³/mol. The largest absolute Gasteiger partial charge is 0.467 e. The molecule has 1 aromatic heterocycles. The fraction of sp³-hybridized carbons (Fsp3) is 0.294. The number of hydrogen-bond donors (Lipinski definition) is 1. The van der Waals surface area contributed by atoms with E-state index in [0.29, 0.717) is 5.76 Å². The highest BCUT2D eigenvalue weighted by atomic mass is 16.6. The predicted octanol–water partition coefficient (Wildman–Crippen LogP) is 2.60. The quantitative estimate of drug-likeness (QED) is 0.829. The first-order valence-electron chi connectivity index (χ1n) is 7.19. The first-order chi connectivity index (χ1) is 11.1. The Morgan fingerprint density at radius 3 is 2.52 bits per heavy atom. The lowest BCUT2D eigenvalue weighted by Gasteiger charge is -2.15. The number of esters is 1. The molecule has 0 fully saturated rings. The molecule has 0 aliphatic heterocycles. The minimum absolute atomic E-state index is 0.125. The van der Waals surface area contributed by atoms with Crippen molar-refractivity contribution in [3.8, 4) is 0 Å². The molecule has 1 aromatic carbocycles. The van der Waals surface area contributed by atoms with Gasteiger partial charge in [-0.25, -0.2) is 9.59 Å². The zero-order chi connectivity index (χ0) is 16.7. The minimum atomic E-state index is -0.867. The fourth-order valence-corrected chi connectivity index (χ4v) is 2.04. The summed E-state index contributed by atoms with van der Waals surface area (Å²) in [7, 11) is 1.26. The average Bonchev–Trinajstić information content (AvgIpc) is 2.97. The van der Waals surface area contributed by atoms with E-state index in [4.69, 9.17) is 13.9 Å². The number of nitrogens with one attached hydrogen (secondary N) is 1. The molecule has 0 radical (unpaired) electrons. The van der Waals surface area contributed by atoms with Crippen molar-refractivity contribution >= 4 is 12.1 Å². The molecule has 1 heterocycles. The summed E-state index contributed by atoms with van der Waals surface area (Å²) in [6.45, 7) is 1.93. The van der Waals surface area contributed by atoms with E-state index >= 15 is 0 Å². The average molecular weight is 317 g/mol. The number of furan rings is 1. The molecule has 0 spiro atoms. The van der Waals surface area contributed by atoms with Crippen LogP contribution in [0.5, 0.6) is 0 Å². The van der Waals surface area contributed by atoms with Gasteiger partial charge in [0, 0.05) is 6.42 Å². The molecule has 0 bridgehead atoms. The zero-order valence-corrected chi connectivity index (χ0v) is 13.1. The van der Waals surface area contributed by atoms with E-state index in [2.05, 4.69) is 5.32 Å². The van der Waals surface area contributed by atoms with Crippen molar-refractivity contribution in [2.45, 2.75) is 26.0 Å². The van der Waals surface area contributed by atoms with Crippen LogP contribution in [-0.2, 0) is 27.3 Å². The highest BCUT2D eigenvalue weighted by molar-refractivity contribution is 5.81. The van der Waals surface area contributed by atoms with Crippen LogP contribution in [0.15, 0.2) is 46.9 Å². The molecule has 122 valence electrons. The van der Waals surface area contributed by atoms with Crippen molar-refractivity contribution in [3.63, 3.8) is 0 Å². The van der Waals surface area contributed by atoms with E-state index in [-0.39, 0.29) is 13.0 Å². The molecule has 6 nitrogen and oxygen atoms in total. The number of carbonyl (C=O) groups excluding carboxylic acids is 2. The zero-order valence-electron chi connectivity index (χ0n) is 13.1. The number of ether oxygens (including phenoxy) is 2. The van der Waals surface area contributed by atoms with Crippen molar-refractivity contribution in [2.24, 2.45) is 0 Å². The van der Waals surface area contributed by atoms with E-state index < -0.39 is 18.1 Å². The summed E-state index contributed by atoms with van der Waals surface area (Å²) in [5.41, 5.74) is 0.860. The third-order valence-corrected chi connectivity index (χ3v) is 3.19. The molecule has 0 aliphatic carbocycles. The van der Waals surface area contributed by atoms with Gasteiger partial charge in [-0.2, -0.15) is 0 Å². The van der Waals surface area contributed by atoms with Crippen molar-refractivity contribution < 1.29 is 23.5 Å². The lowest BCUT2D eigenvalue weighted by molar-refractivity contribution is -0.143. The number of rotatable bonds is 6. The molecule has 0 saturated carbocycles. The van der Waals surface area contributed by atoms with Crippen LogP contribution in [0.25, 0.3) is 0 Å². The number of carbonyl (C=O) groups is 2. The molecule has 2 aromatic rings. The van der Waals surface area contributed by atoms with Gasteiger partial charge in [-0.3, -0.25) is 0 Å². The first-order valence-corrected chi connectivity index (χ1v) is 7.19. The maximum absolute atomic E-state index is 11.9. The summed E-state index contributed by atoms with van der Waals surface area (Å²) in [5, 5.41) is 2.50. The summed E-state index contributed by atoms with van der Waals surface area (Å²) < 4.78 is 15.2. The third-order valence-electron chi connectivity index (χ3n) is 3.19. The van der Waals surface area contributed by atoms with Crippen LogP contribution in [-0.4, -0.2) is 25.2 Å². The topological polar surface area (TPSA) is 77.8 Å². The first kappa shape index (κ1) is 16.6. The monoisotopic (exact) mass is 317 g/mol. The van der Waals surface area contributed by atoms with Crippen LogP contribution in [0.2, 0.25) is 0 Å². The summed E-state index contributed by atoms with van der Waals surface area (Å²) in [5.74, 6) is 0.757. The van der Waals surface area contributed by atoms with Crippen molar-refractivity contribution in [2.75, 3.05) is 7.11 Å². The molecule has 1 atom stereocenters. The minimum Gasteiger partial charge on any atom is -0.467 e. The normalized spacial score (nSPS) is 11.6. The smallest absolute Gasteiger partial charge is 0.408 e. The number of benzene rings is 1. The van der Waals surface area contributed by atoms with Gasteiger partial charge < -0.3 is 19.2 Å². The Balaban J connectivity index is 1.91. The Hall–Kier alpha value is -2.76. The van der Waals surface area contributed by atoms with Gasteiger partial charge in [0.1, 0.15) is 24.2 Å². The van der Waals surface area contributed by atoms with Crippen LogP contribution < -0.4 is 5.32 Å². The fourth-order valence-electron chi connectivity index (χ4n) is 2.04. The van der Waals surface area contributed by atoms with Gasteiger partial charge in [0.15, 0.2) is 0 Å². The Morgan fingerprint density at radius 1 is 1.17 bits per heavy atom. The van der Waals surface area contributed by atoms with Gasteiger partial charge in [0.05, 0.1) is 7.11 Å². The maximum atomic E-state index is 11.9. The molecule has 1 N–H and O–H groups in total. The van der Waals surface area contributed by atoms with Crippen LogP contribution in [0, 0.1) is 6.92 Å². The molecule has 2 rings (SSSR count). The standard InChI is InChI=1S/C17H19NO5/c1-12-8-9-14(23-12)10-15(16(19)21-2)18-17(20)22-11-13-6-4-3-5-7-13/h3-9,15H,10-11H2,1-2H3,(H,18,20)/t15-/m1/s1. The molecular weight excluding hydrogens is 298 g/mol. The van der Waals surface area contributed by atoms with Crippen molar-refractivity contribution in [1.29, 1.82) is 0 Å². The van der Waals surface area contributed by atoms with Crippen LogP contribution in [0.3, 0.4) is 0 Å². The van der Waals surface area contributed by atoms with Gasteiger partial charge >= 0.3 is 12.1 Å². The highest BCUT2D eigenvalue weighted by Gasteiger charge is 2.24. The lowest BCUT2D eigenvalue weighted by atomic mass is 10.2. The number of aryl methyl sites for hydroxylation is 1.